The number of aryl methyl sites for hydroxylation is 1. The molecule has 1 heterocycles. The molecule has 0 atom stereocenters. The van der Waals surface area contributed by atoms with Crippen molar-refractivity contribution in [2.75, 3.05) is 20.2 Å². The number of nitrogens with one attached hydrogen (secondary N) is 2. The Kier molecular flexibility index (Phi) is 7.10. The fraction of sp³-hybridized carbons (Fsp3) is 0.579. The fourth-order valence-corrected chi connectivity index (χ4v) is 3.07. The number of hydrogen-bond acceptors (Lipinski definition) is 3. The number of benzene rings is 1. The van der Waals surface area contributed by atoms with Crippen molar-refractivity contribution in [3.63, 3.8) is 0 Å². The zero-order chi connectivity index (χ0) is 18.2. The number of carbonyl (C=O) groups excluding carboxylic acids is 2. The molecule has 1 aromatic carbocycles. The van der Waals surface area contributed by atoms with Crippen LogP contribution in [0.2, 0.25) is 0 Å². The first-order valence-electron chi connectivity index (χ1n) is 8.96. The smallest absolute Gasteiger partial charge is 0.315 e. The lowest BCUT2D eigenvalue weighted by molar-refractivity contribution is -0.132. The SMILES string of the molecule is COc1ccccc1CCC(=O)N1CCC(NC(=O)NC(C)C)CC1. The van der Waals surface area contributed by atoms with Gasteiger partial charge in [-0.05, 0) is 44.7 Å². The van der Waals surface area contributed by atoms with E-state index in [1.807, 2.05) is 43.0 Å². The highest BCUT2D eigenvalue weighted by Crippen LogP contribution is 2.20. The van der Waals surface area contributed by atoms with Crippen molar-refractivity contribution in [3.05, 3.63) is 29.8 Å². The van der Waals surface area contributed by atoms with E-state index in [9.17, 15) is 9.59 Å². The van der Waals surface area contributed by atoms with E-state index in [1.54, 1.807) is 7.11 Å². The summed E-state index contributed by atoms with van der Waals surface area (Å²) in [5.74, 6) is 0.991. The van der Waals surface area contributed by atoms with Crippen molar-refractivity contribution in [2.45, 2.75) is 51.6 Å². The summed E-state index contributed by atoms with van der Waals surface area (Å²) in [6.07, 6.45) is 2.75. The number of para-hydroxylation sites is 1. The highest BCUT2D eigenvalue weighted by atomic mass is 16.5. The third-order valence-electron chi connectivity index (χ3n) is 4.40. The molecular weight excluding hydrogens is 318 g/mol. The molecule has 0 bridgehead atoms. The van der Waals surface area contributed by atoms with Gasteiger partial charge >= 0.3 is 6.03 Å². The predicted molar refractivity (Wildman–Crippen MR) is 97.7 cm³/mol. The molecule has 0 spiro atoms. The molecule has 3 amide bonds. The second-order valence-corrected chi connectivity index (χ2v) is 6.74. The molecule has 25 heavy (non-hydrogen) atoms. The van der Waals surface area contributed by atoms with Gasteiger partial charge in [-0.2, -0.15) is 0 Å². The Morgan fingerprint density at radius 1 is 1.24 bits per heavy atom. The van der Waals surface area contributed by atoms with Gasteiger partial charge < -0.3 is 20.3 Å². The van der Waals surface area contributed by atoms with Gasteiger partial charge in [0.25, 0.3) is 0 Å². The van der Waals surface area contributed by atoms with Crippen molar-refractivity contribution in [1.82, 2.24) is 15.5 Å². The molecule has 0 radical (unpaired) electrons. The topological polar surface area (TPSA) is 70.7 Å². The fourth-order valence-electron chi connectivity index (χ4n) is 3.07. The molecule has 1 aromatic rings. The van der Waals surface area contributed by atoms with Gasteiger partial charge in [-0.25, -0.2) is 4.79 Å². The molecule has 1 fully saturated rings. The molecule has 138 valence electrons. The van der Waals surface area contributed by atoms with Gasteiger partial charge in [0.15, 0.2) is 0 Å². The lowest BCUT2D eigenvalue weighted by atomic mass is 10.0. The molecule has 0 aliphatic carbocycles. The van der Waals surface area contributed by atoms with E-state index in [0.717, 1.165) is 24.2 Å². The first-order chi connectivity index (χ1) is 12.0. The summed E-state index contributed by atoms with van der Waals surface area (Å²) in [5.41, 5.74) is 1.06. The van der Waals surface area contributed by atoms with E-state index >= 15 is 0 Å². The highest BCUT2D eigenvalue weighted by Gasteiger charge is 2.23. The number of nitrogens with zero attached hydrogens (tertiary/aromatic N) is 1. The summed E-state index contributed by atoms with van der Waals surface area (Å²) in [6, 6.07) is 7.93. The van der Waals surface area contributed by atoms with Crippen LogP contribution >= 0.6 is 0 Å². The van der Waals surface area contributed by atoms with E-state index in [1.165, 1.54) is 0 Å². The minimum absolute atomic E-state index is 0.122. The zero-order valence-corrected chi connectivity index (χ0v) is 15.4. The lowest BCUT2D eigenvalue weighted by Crippen LogP contribution is -2.50. The Balaban J connectivity index is 1.75. The Bertz CT molecular complexity index is 581. The second-order valence-electron chi connectivity index (χ2n) is 6.74. The van der Waals surface area contributed by atoms with Crippen LogP contribution in [0.25, 0.3) is 0 Å². The first-order valence-corrected chi connectivity index (χ1v) is 8.96. The van der Waals surface area contributed by atoms with E-state index in [-0.39, 0.29) is 24.0 Å². The van der Waals surface area contributed by atoms with Crippen LogP contribution in [0.15, 0.2) is 24.3 Å². The lowest BCUT2D eigenvalue weighted by Gasteiger charge is -2.32. The molecule has 1 saturated heterocycles. The number of amides is 3. The maximum absolute atomic E-state index is 12.4. The minimum atomic E-state index is -0.129. The zero-order valence-electron chi connectivity index (χ0n) is 15.4. The quantitative estimate of drug-likeness (QED) is 0.830. The second kappa shape index (κ2) is 9.30. The molecule has 2 rings (SSSR count). The molecular formula is C19H29N3O3. The van der Waals surface area contributed by atoms with Gasteiger partial charge in [0.05, 0.1) is 7.11 Å². The first kappa shape index (κ1) is 19.1. The molecule has 6 heteroatoms. The van der Waals surface area contributed by atoms with Gasteiger partial charge in [0.2, 0.25) is 5.91 Å². The van der Waals surface area contributed by atoms with E-state index in [4.69, 9.17) is 4.74 Å². The van der Waals surface area contributed by atoms with Crippen LogP contribution in [0, 0.1) is 0 Å². The Morgan fingerprint density at radius 2 is 1.92 bits per heavy atom. The van der Waals surface area contributed by atoms with Crippen molar-refractivity contribution < 1.29 is 14.3 Å². The Hall–Kier alpha value is -2.24. The van der Waals surface area contributed by atoms with Gasteiger partial charge in [-0.1, -0.05) is 18.2 Å². The summed E-state index contributed by atoms with van der Waals surface area (Å²) in [6.45, 7) is 5.25. The number of likely N-dealkylation sites (tertiary alicyclic amines) is 1. The van der Waals surface area contributed by atoms with Crippen LogP contribution in [0.1, 0.15) is 38.7 Å². The monoisotopic (exact) mass is 347 g/mol. The van der Waals surface area contributed by atoms with Crippen LogP contribution in [0.3, 0.4) is 0 Å². The maximum Gasteiger partial charge on any atom is 0.315 e. The number of hydrogen-bond donors (Lipinski definition) is 2. The van der Waals surface area contributed by atoms with Crippen LogP contribution in [0.4, 0.5) is 4.79 Å². The Labute approximate surface area is 149 Å². The Morgan fingerprint density at radius 3 is 2.56 bits per heavy atom. The van der Waals surface area contributed by atoms with Crippen LogP contribution in [-0.2, 0) is 11.2 Å². The molecule has 1 aliphatic heterocycles. The van der Waals surface area contributed by atoms with E-state index in [2.05, 4.69) is 10.6 Å². The number of ether oxygens (including phenoxy) is 1. The summed E-state index contributed by atoms with van der Waals surface area (Å²) in [5, 5.41) is 5.81. The molecule has 0 aromatic heterocycles. The van der Waals surface area contributed by atoms with Crippen molar-refractivity contribution >= 4 is 11.9 Å². The predicted octanol–water partition coefficient (Wildman–Crippen LogP) is 2.33. The normalized spacial score (nSPS) is 15.1. The molecule has 2 N–H and O–H groups in total. The van der Waals surface area contributed by atoms with Gasteiger partial charge in [-0.15, -0.1) is 0 Å². The number of piperidine rings is 1. The number of methoxy groups -OCH3 is 1. The average molecular weight is 347 g/mol. The number of carbonyl (C=O) groups is 2. The number of rotatable bonds is 6. The molecule has 0 saturated carbocycles. The maximum atomic E-state index is 12.4. The largest absolute Gasteiger partial charge is 0.496 e. The third-order valence-corrected chi connectivity index (χ3v) is 4.40. The third kappa shape index (κ3) is 5.96. The van der Waals surface area contributed by atoms with E-state index < -0.39 is 0 Å². The summed E-state index contributed by atoms with van der Waals surface area (Å²) >= 11 is 0. The van der Waals surface area contributed by atoms with Crippen molar-refractivity contribution in [1.29, 1.82) is 0 Å². The molecule has 6 nitrogen and oxygen atoms in total. The van der Waals surface area contributed by atoms with Crippen LogP contribution < -0.4 is 15.4 Å². The molecule has 1 aliphatic rings. The van der Waals surface area contributed by atoms with Gasteiger partial charge in [0.1, 0.15) is 5.75 Å². The molecule has 0 unspecified atom stereocenters. The van der Waals surface area contributed by atoms with Crippen molar-refractivity contribution in [2.24, 2.45) is 0 Å². The summed E-state index contributed by atoms with van der Waals surface area (Å²) < 4.78 is 5.33. The van der Waals surface area contributed by atoms with Crippen LogP contribution in [-0.4, -0.2) is 49.1 Å². The standard InChI is InChI=1S/C19H29N3O3/c1-14(2)20-19(24)21-16-10-12-22(13-11-16)18(23)9-8-15-6-4-5-7-17(15)25-3/h4-7,14,16H,8-13H2,1-3H3,(H2,20,21,24). The van der Waals surface area contributed by atoms with Gasteiger partial charge in [-0.3, -0.25) is 4.79 Å². The number of urea groups is 1. The van der Waals surface area contributed by atoms with Gasteiger partial charge in [0, 0.05) is 31.6 Å². The van der Waals surface area contributed by atoms with E-state index in [0.29, 0.717) is 25.9 Å². The summed E-state index contributed by atoms with van der Waals surface area (Å²) in [7, 11) is 1.65. The van der Waals surface area contributed by atoms with Crippen molar-refractivity contribution in [3.8, 4) is 5.75 Å². The minimum Gasteiger partial charge on any atom is -0.496 e. The van der Waals surface area contributed by atoms with Crippen LogP contribution in [0.5, 0.6) is 5.75 Å². The highest BCUT2D eigenvalue weighted by molar-refractivity contribution is 5.77. The average Bonchev–Trinajstić information content (AvgIpc) is 2.59. The summed E-state index contributed by atoms with van der Waals surface area (Å²) in [4.78, 5) is 26.1.